The second-order valence-corrected chi connectivity index (χ2v) is 5.61. The van der Waals surface area contributed by atoms with Gasteiger partial charge in [0.05, 0.1) is 19.2 Å². The molecule has 1 amide bonds. The van der Waals surface area contributed by atoms with Crippen LogP contribution in [0.25, 0.3) is 0 Å². The van der Waals surface area contributed by atoms with Crippen LogP contribution in [0.2, 0.25) is 0 Å². The molecule has 1 aromatic rings. The first-order valence-corrected chi connectivity index (χ1v) is 7.29. The van der Waals surface area contributed by atoms with Crippen molar-refractivity contribution in [2.24, 2.45) is 11.7 Å². The fourth-order valence-electron chi connectivity index (χ4n) is 2.84. The third-order valence-corrected chi connectivity index (χ3v) is 3.99. The highest BCUT2D eigenvalue weighted by molar-refractivity contribution is 5.95. The maximum atomic E-state index is 12.7. The van der Waals surface area contributed by atoms with Gasteiger partial charge in [0, 0.05) is 17.7 Å². The zero-order valence-corrected chi connectivity index (χ0v) is 12.6. The van der Waals surface area contributed by atoms with Crippen LogP contribution in [0.5, 0.6) is 0 Å². The van der Waals surface area contributed by atoms with E-state index in [0.29, 0.717) is 24.6 Å². The van der Waals surface area contributed by atoms with Crippen molar-refractivity contribution < 1.29 is 9.90 Å². The van der Waals surface area contributed by atoms with Crippen LogP contribution in [0, 0.1) is 24.7 Å². The summed E-state index contributed by atoms with van der Waals surface area (Å²) in [5.41, 5.74) is 7.81. The Morgan fingerprint density at radius 2 is 2.24 bits per heavy atom. The van der Waals surface area contributed by atoms with E-state index in [1.165, 1.54) is 0 Å². The molecule has 1 fully saturated rings. The molecule has 1 aliphatic heterocycles. The average molecular weight is 286 g/mol. The van der Waals surface area contributed by atoms with Crippen molar-refractivity contribution in [3.05, 3.63) is 34.9 Å². The van der Waals surface area contributed by atoms with Gasteiger partial charge in [-0.2, -0.15) is 0 Å². The highest BCUT2D eigenvalue weighted by Crippen LogP contribution is 2.25. The SMILES string of the molecule is Cc1cc(C#CCN)cc(C(=O)N2CCC(C)C2CO)c1. The second kappa shape index (κ2) is 6.75. The number of aliphatic hydroxyl groups is 1. The van der Waals surface area contributed by atoms with Gasteiger partial charge in [0.2, 0.25) is 0 Å². The zero-order chi connectivity index (χ0) is 15.4. The number of carbonyl (C=O) groups is 1. The summed E-state index contributed by atoms with van der Waals surface area (Å²) >= 11 is 0. The Hall–Kier alpha value is -1.83. The summed E-state index contributed by atoms with van der Waals surface area (Å²) in [5.74, 6) is 6.08. The van der Waals surface area contributed by atoms with Crippen molar-refractivity contribution >= 4 is 5.91 Å². The van der Waals surface area contributed by atoms with Crippen molar-refractivity contribution in [1.82, 2.24) is 4.90 Å². The highest BCUT2D eigenvalue weighted by atomic mass is 16.3. The van der Waals surface area contributed by atoms with Gasteiger partial charge in [-0.1, -0.05) is 18.8 Å². The highest BCUT2D eigenvalue weighted by Gasteiger charge is 2.34. The summed E-state index contributed by atoms with van der Waals surface area (Å²) in [4.78, 5) is 14.5. The van der Waals surface area contributed by atoms with E-state index in [9.17, 15) is 9.90 Å². The molecule has 0 radical (unpaired) electrons. The lowest BCUT2D eigenvalue weighted by atomic mass is 10.0. The molecular weight excluding hydrogens is 264 g/mol. The topological polar surface area (TPSA) is 66.6 Å². The predicted molar refractivity (Wildman–Crippen MR) is 82.8 cm³/mol. The molecule has 2 rings (SSSR count). The fraction of sp³-hybridized carbons (Fsp3) is 0.471. The van der Waals surface area contributed by atoms with Crippen LogP contribution in [-0.4, -0.2) is 41.7 Å². The van der Waals surface area contributed by atoms with Crippen molar-refractivity contribution in [3.8, 4) is 11.8 Å². The number of likely N-dealkylation sites (tertiary alicyclic amines) is 1. The number of hydrogen-bond acceptors (Lipinski definition) is 3. The van der Waals surface area contributed by atoms with E-state index in [4.69, 9.17) is 5.73 Å². The summed E-state index contributed by atoms with van der Waals surface area (Å²) in [5, 5.41) is 9.50. The molecule has 2 atom stereocenters. The molecule has 4 nitrogen and oxygen atoms in total. The first kappa shape index (κ1) is 15.6. The summed E-state index contributed by atoms with van der Waals surface area (Å²) in [6, 6.07) is 5.52. The average Bonchev–Trinajstić information content (AvgIpc) is 2.84. The summed E-state index contributed by atoms with van der Waals surface area (Å²) in [6.07, 6.45) is 0.933. The molecule has 0 aliphatic carbocycles. The van der Waals surface area contributed by atoms with Crippen LogP contribution in [0.15, 0.2) is 18.2 Å². The van der Waals surface area contributed by atoms with E-state index < -0.39 is 0 Å². The summed E-state index contributed by atoms with van der Waals surface area (Å²) in [7, 11) is 0. The van der Waals surface area contributed by atoms with E-state index >= 15 is 0 Å². The van der Waals surface area contributed by atoms with Crippen LogP contribution in [0.3, 0.4) is 0 Å². The second-order valence-electron chi connectivity index (χ2n) is 5.61. The Bertz CT molecular complexity index is 586. The minimum Gasteiger partial charge on any atom is -0.394 e. The normalized spacial score (nSPS) is 21.0. The van der Waals surface area contributed by atoms with Gasteiger partial charge in [-0.25, -0.2) is 0 Å². The van der Waals surface area contributed by atoms with Gasteiger partial charge < -0.3 is 15.7 Å². The molecule has 0 spiro atoms. The van der Waals surface area contributed by atoms with Crippen molar-refractivity contribution in [1.29, 1.82) is 0 Å². The van der Waals surface area contributed by atoms with Gasteiger partial charge in [-0.3, -0.25) is 4.79 Å². The molecule has 0 bridgehead atoms. The largest absolute Gasteiger partial charge is 0.394 e. The summed E-state index contributed by atoms with van der Waals surface area (Å²) < 4.78 is 0. The van der Waals surface area contributed by atoms with Crippen molar-refractivity contribution in [3.63, 3.8) is 0 Å². The maximum absolute atomic E-state index is 12.7. The molecule has 2 unspecified atom stereocenters. The van der Waals surface area contributed by atoms with Crippen LogP contribution in [0.4, 0.5) is 0 Å². The standard InChI is InChI=1S/C17H22N2O2/c1-12-8-14(4-3-6-18)10-15(9-12)17(21)19-7-5-13(2)16(19)11-20/h8-10,13,16,20H,5-7,11,18H2,1-2H3. The number of nitrogens with zero attached hydrogens (tertiary/aromatic N) is 1. The quantitative estimate of drug-likeness (QED) is 0.801. The maximum Gasteiger partial charge on any atom is 0.254 e. The van der Waals surface area contributed by atoms with Gasteiger partial charge in [-0.15, -0.1) is 0 Å². The Kier molecular flexibility index (Phi) is 5.00. The molecule has 4 heteroatoms. The van der Waals surface area contributed by atoms with Crippen LogP contribution >= 0.6 is 0 Å². The van der Waals surface area contributed by atoms with Gasteiger partial charge in [-0.05, 0) is 43.0 Å². The lowest BCUT2D eigenvalue weighted by molar-refractivity contribution is 0.0648. The molecule has 1 heterocycles. The molecule has 1 aromatic carbocycles. The molecular formula is C17H22N2O2. The van der Waals surface area contributed by atoms with Gasteiger partial charge >= 0.3 is 0 Å². The van der Waals surface area contributed by atoms with E-state index in [1.54, 1.807) is 11.0 Å². The third kappa shape index (κ3) is 3.44. The Labute approximate surface area is 125 Å². The monoisotopic (exact) mass is 286 g/mol. The minimum atomic E-state index is -0.0865. The molecule has 0 saturated carbocycles. The number of aliphatic hydroxyl groups excluding tert-OH is 1. The Balaban J connectivity index is 2.29. The van der Waals surface area contributed by atoms with Gasteiger partial charge in [0.1, 0.15) is 0 Å². The number of hydrogen-bond donors (Lipinski definition) is 2. The first-order valence-electron chi connectivity index (χ1n) is 7.29. The molecule has 112 valence electrons. The molecule has 0 aromatic heterocycles. The number of carbonyl (C=O) groups excluding carboxylic acids is 1. The number of nitrogens with two attached hydrogens (primary N) is 1. The smallest absolute Gasteiger partial charge is 0.254 e. The van der Waals surface area contributed by atoms with Crippen LogP contribution in [0.1, 0.15) is 34.8 Å². The lowest BCUT2D eigenvalue weighted by Crippen LogP contribution is -2.39. The zero-order valence-electron chi connectivity index (χ0n) is 12.6. The van der Waals surface area contributed by atoms with Crippen LogP contribution < -0.4 is 5.73 Å². The van der Waals surface area contributed by atoms with Crippen molar-refractivity contribution in [2.45, 2.75) is 26.3 Å². The Morgan fingerprint density at radius 3 is 2.90 bits per heavy atom. The molecule has 3 N–H and O–H groups in total. The summed E-state index contributed by atoms with van der Waals surface area (Å²) in [6.45, 7) is 5.03. The fourth-order valence-corrected chi connectivity index (χ4v) is 2.84. The predicted octanol–water partition coefficient (Wildman–Crippen LogP) is 1.15. The van der Waals surface area contributed by atoms with E-state index in [1.807, 2.05) is 19.1 Å². The molecule has 1 saturated heterocycles. The van der Waals surface area contributed by atoms with Crippen molar-refractivity contribution in [2.75, 3.05) is 19.7 Å². The third-order valence-electron chi connectivity index (χ3n) is 3.99. The van der Waals surface area contributed by atoms with E-state index in [2.05, 4.69) is 18.8 Å². The molecule has 21 heavy (non-hydrogen) atoms. The lowest BCUT2D eigenvalue weighted by Gasteiger charge is -2.25. The number of rotatable bonds is 2. The van der Waals surface area contributed by atoms with Gasteiger partial charge in [0.25, 0.3) is 5.91 Å². The number of aryl methyl sites for hydroxylation is 1. The van der Waals surface area contributed by atoms with Crippen LogP contribution in [-0.2, 0) is 0 Å². The first-order chi connectivity index (χ1) is 10.1. The van der Waals surface area contributed by atoms with E-state index in [-0.39, 0.29) is 18.6 Å². The number of benzene rings is 1. The minimum absolute atomic E-state index is 0.0125. The molecule has 1 aliphatic rings. The number of amides is 1. The Morgan fingerprint density at radius 1 is 1.48 bits per heavy atom. The van der Waals surface area contributed by atoms with E-state index in [0.717, 1.165) is 17.5 Å². The van der Waals surface area contributed by atoms with Gasteiger partial charge in [0.15, 0.2) is 0 Å².